The zero-order valence-corrected chi connectivity index (χ0v) is 26.5. The number of ether oxygens (including phenoxy) is 1. The Balaban J connectivity index is -0.000000764. The van der Waals surface area contributed by atoms with E-state index < -0.39 is 6.10 Å². The molecule has 0 aromatic heterocycles. The van der Waals surface area contributed by atoms with Crippen molar-refractivity contribution in [3.8, 4) is 11.5 Å². The number of phenolic OH excluding ortho intramolecular Hbond substituents is 1. The Labute approximate surface area is 242 Å². The third-order valence-corrected chi connectivity index (χ3v) is 5.03. The number of rotatable bonds is 14. The van der Waals surface area contributed by atoms with Crippen LogP contribution in [0.3, 0.4) is 0 Å². The molecule has 1 amide bonds. The number of aliphatic hydroxyl groups is 2. The number of aromatic hydroxyl groups is 1. The van der Waals surface area contributed by atoms with Gasteiger partial charge in [-0.25, -0.2) is 0 Å². The Morgan fingerprint density at radius 1 is 1.02 bits per heavy atom. The predicted octanol–water partition coefficient (Wildman–Crippen LogP) is 6.22. The maximum atomic E-state index is 11.8. The molecule has 0 aliphatic rings. The molecule has 8 nitrogen and oxygen atoms in total. The molecular weight excluding hydrogens is 510 g/mol. The van der Waals surface area contributed by atoms with Gasteiger partial charge in [0.1, 0.15) is 24.2 Å². The zero-order chi connectivity index (χ0) is 31.7. The van der Waals surface area contributed by atoms with E-state index in [4.69, 9.17) is 14.9 Å². The lowest BCUT2D eigenvalue weighted by Crippen LogP contribution is -2.33. The third-order valence-electron chi connectivity index (χ3n) is 5.03. The average molecular weight is 566 g/mol. The summed E-state index contributed by atoms with van der Waals surface area (Å²) in [5.74, 6) is 0.433. The number of hydrogen-bond acceptors (Lipinski definition) is 7. The summed E-state index contributed by atoms with van der Waals surface area (Å²) in [5, 5.41) is 27.8. The van der Waals surface area contributed by atoms with Gasteiger partial charge < -0.3 is 25.0 Å². The summed E-state index contributed by atoms with van der Waals surface area (Å²) in [6.07, 6.45) is 7.58. The molecule has 0 fully saturated rings. The van der Waals surface area contributed by atoms with Gasteiger partial charge in [-0.1, -0.05) is 66.7 Å². The first-order valence-corrected chi connectivity index (χ1v) is 14.4. The number of ketones is 2. The summed E-state index contributed by atoms with van der Waals surface area (Å²) in [6, 6.07) is 3.07. The number of aliphatic hydroxyl groups excluding tert-OH is 2. The van der Waals surface area contributed by atoms with Crippen molar-refractivity contribution in [1.82, 2.24) is 4.90 Å². The molecule has 1 rings (SSSR count). The molecule has 0 saturated heterocycles. The molecule has 0 bridgehead atoms. The number of amides is 1. The van der Waals surface area contributed by atoms with Gasteiger partial charge in [-0.3, -0.25) is 14.4 Å². The number of benzene rings is 1. The van der Waals surface area contributed by atoms with Crippen molar-refractivity contribution in [2.24, 2.45) is 5.92 Å². The Hall–Kier alpha value is -2.97. The van der Waals surface area contributed by atoms with Gasteiger partial charge in [0.05, 0.1) is 12.1 Å². The molecular formula is C32H55NO7. The minimum Gasteiger partial charge on any atom is -0.507 e. The molecule has 0 aliphatic carbocycles. The van der Waals surface area contributed by atoms with Crippen molar-refractivity contribution >= 4 is 23.5 Å². The number of likely N-dealkylation sites (N-methyl/N-ethyl adjacent to an activating group) is 1. The van der Waals surface area contributed by atoms with Gasteiger partial charge in [0.25, 0.3) is 0 Å². The first kappa shape index (κ1) is 41.5. The Morgan fingerprint density at radius 2 is 1.62 bits per heavy atom. The first-order chi connectivity index (χ1) is 19.0. The van der Waals surface area contributed by atoms with Crippen LogP contribution in [0.4, 0.5) is 0 Å². The van der Waals surface area contributed by atoms with Crippen LogP contribution in [0, 0.1) is 5.92 Å². The van der Waals surface area contributed by atoms with Gasteiger partial charge in [-0.05, 0) is 57.2 Å². The minimum atomic E-state index is -0.863. The average Bonchev–Trinajstić information content (AvgIpc) is 2.92. The SMILES string of the molecule is CC.CC.CC(C)C/C=C\C(=O)[C@H](C)O.CCC(=O)N(CC)CCOc1cc(O)c(C(C)=O)c(/C=C/CCO)c1. The lowest BCUT2D eigenvalue weighted by molar-refractivity contribution is -0.131. The van der Waals surface area contributed by atoms with Crippen LogP contribution in [-0.2, 0) is 9.59 Å². The molecule has 0 unspecified atom stereocenters. The molecule has 0 spiro atoms. The van der Waals surface area contributed by atoms with Crippen molar-refractivity contribution in [3.05, 3.63) is 41.5 Å². The van der Waals surface area contributed by atoms with Gasteiger partial charge in [-0.2, -0.15) is 0 Å². The zero-order valence-electron chi connectivity index (χ0n) is 26.5. The van der Waals surface area contributed by atoms with E-state index in [1.807, 2.05) is 41.5 Å². The summed E-state index contributed by atoms with van der Waals surface area (Å²) >= 11 is 0. The topological polar surface area (TPSA) is 124 Å². The van der Waals surface area contributed by atoms with Crippen LogP contribution in [0.5, 0.6) is 11.5 Å². The Morgan fingerprint density at radius 3 is 2.08 bits per heavy atom. The van der Waals surface area contributed by atoms with Crippen molar-refractivity contribution in [2.75, 3.05) is 26.3 Å². The van der Waals surface area contributed by atoms with E-state index >= 15 is 0 Å². The standard InChI is InChI=1S/C19H27NO5.C9H16O2.2C2H6/c1-4-18(24)20(5-2)9-11-25-16-12-15(8-6-7-10-21)19(14(3)22)17(23)13-16;1-7(2)5-4-6-9(11)8(3)10;2*1-2/h6,8,12-13,21,23H,4-5,7,9-11H2,1-3H3;4,6-8,10H,5H2,1-3H3;2*1-2H3/b8-6+;6-4-;;/t;8-;;/m.0../s1. The molecule has 1 atom stereocenters. The largest absolute Gasteiger partial charge is 0.507 e. The van der Waals surface area contributed by atoms with Gasteiger partial charge >= 0.3 is 0 Å². The first-order valence-electron chi connectivity index (χ1n) is 14.4. The molecule has 1 aromatic rings. The van der Waals surface area contributed by atoms with Gasteiger partial charge in [0, 0.05) is 25.6 Å². The van der Waals surface area contributed by atoms with Crippen LogP contribution in [0.15, 0.2) is 30.4 Å². The molecule has 0 saturated carbocycles. The molecule has 230 valence electrons. The number of Topliss-reactive ketones (excluding diaryl/α,β-unsaturated/α-hetero) is 1. The fraction of sp³-hybridized carbons (Fsp3) is 0.594. The number of carbonyl (C=O) groups is 3. The lowest BCUT2D eigenvalue weighted by atomic mass is 10.0. The van der Waals surface area contributed by atoms with E-state index in [2.05, 4.69) is 13.8 Å². The van der Waals surface area contributed by atoms with E-state index in [9.17, 15) is 19.5 Å². The van der Waals surface area contributed by atoms with E-state index in [0.29, 0.717) is 43.2 Å². The number of carbonyl (C=O) groups excluding carboxylic acids is 3. The van der Waals surface area contributed by atoms with Crippen LogP contribution in [0.25, 0.3) is 6.08 Å². The van der Waals surface area contributed by atoms with Crippen LogP contribution in [0.2, 0.25) is 0 Å². The van der Waals surface area contributed by atoms with Gasteiger partial charge in [0.2, 0.25) is 5.91 Å². The highest BCUT2D eigenvalue weighted by Crippen LogP contribution is 2.29. The lowest BCUT2D eigenvalue weighted by Gasteiger charge is -2.20. The van der Waals surface area contributed by atoms with Crippen LogP contribution in [-0.4, -0.2) is 70.1 Å². The second-order valence-corrected chi connectivity index (χ2v) is 8.66. The molecule has 0 heterocycles. The summed E-state index contributed by atoms with van der Waals surface area (Å²) < 4.78 is 5.65. The Kier molecular flexibility index (Phi) is 27.3. The van der Waals surface area contributed by atoms with Crippen molar-refractivity contribution < 1.29 is 34.4 Å². The van der Waals surface area contributed by atoms with E-state index in [1.165, 1.54) is 26.0 Å². The normalized spacial score (nSPS) is 11.0. The molecule has 3 N–H and O–H groups in total. The predicted molar refractivity (Wildman–Crippen MR) is 165 cm³/mol. The molecule has 8 heteroatoms. The number of allylic oxidation sites excluding steroid dienone is 1. The highest BCUT2D eigenvalue weighted by Gasteiger charge is 2.14. The summed E-state index contributed by atoms with van der Waals surface area (Å²) in [7, 11) is 0. The fourth-order valence-electron chi connectivity index (χ4n) is 3.06. The van der Waals surface area contributed by atoms with Gasteiger partial charge in [-0.15, -0.1) is 0 Å². The summed E-state index contributed by atoms with van der Waals surface area (Å²) in [4.78, 5) is 36.0. The van der Waals surface area contributed by atoms with Crippen LogP contribution < -0.4 is 4.74 Å². The van der Waals surface area contributed by atoms with Crippen molar-refractivity contribution in [2.45, 2.75) is 94.6 Å². The third kappa shape index (κ3) is 19.1. The second kappa shape index (κ2) is 26.3. The summed E-state index contributed by atoms with van der Waals surface area (Å²) in [6.45, 7) is 20.1. The Bertz CT molecular complexity index is 889. The molecule has 40 heavy (non-hydrogen) atoms. The van der Waals surface area contributed by atoms with E-state index in [0.717, 1.165) is 6.42 Å². The van der Waals surface area contributed by atoms with E-state index in [1.54, 1.807) is 29.2 Å². The smallest absolute Gasteiger partial charge is 0.222 e. The van der Waals surface area contributed by atoms with Crippen LogP contribution in [0.1, 0.15) is 104 Å². The fourth-order valence-corrected chi connectivity index (χ4v) is 3.06. The number of nitrogens with zero attached hydrogens (tertiary/aromatic N) is 1. The maximum absolute atomic E-state index is 11.8. The summed E-state index contributed by atoms with van der Waals surface area (Å²) in [5.41, 5.74) is 0.755. The monoisotopic (exact) mass is 565 g/mol. The number of phenols is 1. The van der Waals surface area contributed by atoms with Crippen molar-refractivity contribution in [1.29, 1.82) is 0 Å². The minimum absolute atomic E-state index is 0.00634. The van der Waals surface area contributed by atoms with Gasteiger partial charge in [0.15, 0.2) is 11.6 Å². The molecule has 0 aliphatic heterocycles. The number of hydrogen-bond donors (Lipinski definition) is 3. The molecule has 1 aromatic carbocycles. The quantitative estimate of drug-likeness (QED) is 0.181. The molecule has 0 radical (unpaired) electrons. The highest BCUT2D eigenvalue weighted by molar-refractivity contribution is 6.00. The second-order valence-electron chi connectivity index (χ2n) is 8.66. The maximum Gasteiger partial charge on any atom is 0.222 e. The van der Waals surface area contributed by atoms with Crippen molar-refractivity contribution in [3.63, 3.8) is 0 Å². The highest BCUT2D eigenvalue weighted by atomic mass is 16.5. The van der Waals surface area contributed by atoms with E-state index in [-0.39, 0.29) is 42.0 Å². The van der Waals surface area contributed by atoms with Crippen LogP contribution >= 0.6 is 0 Å².